The minimum atomic E-state index is -0.442. The smallest absolute Gasteiger partial charge is 0.266 e. The molecule has 174 valence electrons. The molecule has 0 saturated heterocycles. The van der Waals surface area contributed by atoms with Gasteiger partial charge in [-0.1, -0.05) is 46.4 Å². The third kappa shape index (κ3) is 5.65. The summed E-state index contributed by atoms with van der Waals surface area (Å²) in [5.41, 5.74) is 1.19. The summed E-state index contributed by atoms with van der Waals surface area (Å²) in [6, 6.07) is 2.82. The average molecular weight is 533 g/mol. The molecule has 0 unspecified atom stereocenters. The molecule has 0 fully saturated rings. The van der Waals surface area contributed by atoms with Crippen LogP contribution in [0.2, 0.25) is 20.1 Å². The number of benzene rings is 2. The first-order valence-electron chi connectivity index (χ1n) is 9.47. The second kappa shape index (κ2) is 10.1. The van der Waals surface area contributed by atoms with Crippen molar-refractivity contribution >= 4 is 69.6 Å². The van der Waals surface area contributed by atoms with Crippen molar-refractivity contribution in [1.82, 2.24) is 4.57 Å². The van der Waals surface area contributed by atoms with E-state index in [-0.39, 0.29) is 46.0 Å². The van der Waals surface area contributed by atoms with Crippen LogP contribution in [0.5, 0.6) is 11.5 Å². The monoisotopic (exact) mass is 531 g/mol. The molecule has 3 aromatic rings. The number of carbonyl (C=O) groups is 2. The van der Waals surface area contributed by atoms with Gasteiger partial charge in [0.25, 0.3) is 11.8 Å². The van der Waals surface area contributed by atoms with E-state index in [0.29, 0.717) is 21.2 Å². The van der Waals surface area contributed by atoms with E-state index in [1.165, 1.54) is 21.3 Å². The molecule has 2 amide bonds. The number of phenolic OH excluding ortho intramolecular Hbond substituents is 2. The van der Waals surface area contributed by atoms with Crippen LogP contribution in [0.3, 0.4) is 0 Å². The van der Waals surface area contributed by atoms with Crippen LogP contribution >= 0.6 is 46.4 Å². The summed E-state index contributed by atoms with van der Waals surface area (Å²) < 4.78 is 3.07. The molecule has 0 radical (unpaired) electrons. The Morgan fingerprint density at radius 3 is 1.91 bits per heavy atom. The first-order chi connectivity index (χ1) is 15.5. The SMILES string of the molecule is Cc1c(Cl)cc(NC(=O)Cn2cc[n+](CC(=O)Nc3cc(Cl)c(C)c(Cl)c3O)c2)c(O)c1Cl. The maximum absolute atomic E-state index is 12.4. The average Bonchev–Trinajstić information content (AvgIpc) is 3.18. The maximum Gasteiger partial charge on any atom is 0.266 e. The first kappa shape index (κ1) is 25.0. The highest BCUT2D eigenvalue weighted by molar-refractivity contribution is 6.38. The zero-order valence-corrected chi connectivity index (χ0v) is 20.4. The lowest BCUT2D eigenvalue weighted by atomic mass is 10.2. The second-order valence-corrected chi connectivity index (χ2v) is 8.81. The summed E-state index contributed by atoms with van der Waals surface area (Å²) in [4.78, 5) is 24.7. The molecule has 12 heteroatoms. The Kier molecular flexibility index (Phi) is 7.64. The summed E-state index contributed by atoms with van der Waals surface area (Å²) in [7, 11) is 0. The van der Waals surface area contributed by atoms with Gasteiger partial charge in [0, 0.05) is 10.0 Å². The number of nitrogens with zero attached hydrogens (tertiary/aromatic N) is 2. The minimum absolute atomic E-state index is 0.0600. The van der Waals surface area contributed by atoms with E-state index < -0.39 is 11.8 Å². The zero-order valence-electron chi connectivity index (χ0n) is 17.4. The molecule has 0 aliphatic heterocycles. The Morgan fingerprint density at radius 1 is 0.909 bits per heavy atom. The predicted molar refractivity (Wildman–Crippen MR) is 128 cm³/mol. The fourth-order valence-electron chi connectivity index (χ4n) is 2.94. The van der Waals surface area contributed by atoms with E-state index in [4.69, 9.17) is 46.4 Å². The Bertz CT molecular complexity index is 1170. The van der Waals surface area contributed by atoms with Crippen LogP contribution in [0.1, 0.15) is 11.1 Å². The lowest BCUT2D eigenvalue weighted by Gasteiger charge is -2.11. The standard InChI is InChI=1S/C21H18Cl4N4O4/c1-10-12(22)5-14(20(32)18(10)24)26-16(30)7-28-3-4-29(9-28)8-17(31)27-15-6-13(23)11(2)19(25)21(15)33/h3-6,9H,7-8H2,1-2H3,(H3-,26,27,30,31,32,33)/p+1. The van der Waals surface area contributed by atoms with E-state index in [2.05, 4.69) is 10.6 Å². The number of rotatable bonds is 6. The summed E-state index contributed by atoms with van der Waals surface area (Å²) in [6.07, 6.45) is 4.74. The summed E-state index contributed by atoms with van der Waals surface area (Å²) in [5.74, 6) is -1.43. The van der Waals surface area contributed by atoms with E-state index in [1.54, 1.807) is 32.6 Å². The van der Waals surface area contributed by atoms with Crippen LogP contribution in [0.25, 0.3) is 0 Å². The highest BCUT2D eigenvalue weighted by Gasteiger charge is 2.18. The number of nitrogens with one attached hydrogen (secondary N) is 2. The van der Waals surface area contributed by atoms with Crippen LogP contribution in [-0.2, 0) is 22.7 Å². The molecule has 33 heavy (non-hydrogen) atoms. The highest BCUT2D eigenvalue weighted by atomic mass is 35.5. The Hall–Kier alpha value is -2.65. The second-order valence-electron chi connectivity index (χ2n) is 7.24. The number of aromatic hydroxyl groups is 2. The third-order valence-electron chi connectivity index (χ3n) is 4.79. The molecule has 1 aromatic heterocycles. The van der Waals surface area contributed by atoms with E-state index in [0.717, 1.165) is 0 Å². The first-order valence-corrected chi connectivity index (χ1v) is 11.0. The molecular formula is C21H19Cl4N4O4+. The molecule has 3 rings (SSSR count). The largest absolute Gasteiger partial charge is 0.504 e. The Balaban J connectivity index is 1.63. The van der Waals surface area contributed by atoms with Crippen LogP contribution in [0.15, 0.2) is 30.9 Å². The van der Waals surface area contributed by atoms with Gasteiger partial charge in [0.15, 0.2) is 24.6 Å². The molecule has 0 aliphatic rings. The van der Waals surface area contributed by atoms with Crippen molar-refractivity contribution in [3.05, 3.63) is 62.1 Å². The van der Waals surface area contributed by atoms with Crippen molar-refractivity contribution in [3.8, 4) is 11.5 Å². The lowest BCUT2D eigenvalue weighted by molar-refractivity contribution is -0.683. The number of halogens is 4. The van der Waals surface area contributed by atoms with Crippen LogP contribution in [0.4, 0.5) is 11.4 Å². The van der Waals surface area contributed by atoms with Gasteiger partial charge >= 0.3 is 0 Å². The lowest BCUT2D eigenvalue weighted by Crippen LogP contribution is -2.38. The van der Waals surface area contributed by atoms with E-state index in [1.807, 2.05) is 0 Å². The molecule has 4 N–H and O–H groups in total. The van der Waals surface area contributed by atoms with Crippen molar-refractivity contribution in [3.63, 3.8) is 0 Å². The molecule has 8 nitrogen and oxygen atoms in total. The van der Waals surface area contributed by atoms with Crippen molar-refractivity contribution in [2.45, 2.75) is 26.9 Å². The topological polar surface area (TPSA) is 107 Å². The number of imidazole rings is 1. The van der Waals surface area contributed by atoms with Crippen molar-refractivity contribution in [2.75, 3.05) is 10.6 Å². The van der Waals surface area contributed by atoms with Gasteiger partial charge in [0.1, 0.15) is 12.4 Å². The maximum atomic E-state index is 12.4. The van der Waals surface area contributed by atoms with E-state index in [9.17, 15) is 19.8 Å². The van der Waals surface area contributed by atoms with Crippen LogP contribution < -0.4 is 15.2 Å². The van der Waals surface area contributed by atoms with Gasteiger partial charge < -0.3 is 20.8 Å². The Morgan fingerprint density at radius 2 is 1.39 bits per heavy atom. The molecule has 0 saturated carbocycles. The van der Waals surface area contributed by atoms with Gasteiger partial charge in [-0.3, -0.25) is 9.59 Å². The minimum Gasteiger partial charge on any atom is -0.504 e. The molecule has 0 spiro atoms. The third-order valence-corrected chi connectivity index (χ3v) is 6.50. The number of hydrogen-bond acceptors (Lipinski definition) is 4. The highest BCUT2D eigenvalue weighted by Crippen LogP contribution is 2.39. The molecule has 0 aliphatic carbocycles. The molecule has 2 aromatic carbocycles. The van der Waals surface area contributed by atoms with Crippen molar-refractivity contribution in [2.24, 2.45) is 0 Å². The van der Waals surface area contributed by atoms with Gasteiger partial charge in [0.2, 0.25) is 6.33 Å². The molecular weight excluding hydrogens is 514 g/mol. The van der Waals surface area contributed by atoms with E-state index >= 15 is 0 Å². The van der Waals surface area contributed by atoms with Crippen molar-refractivity contribution < 1.29 is 24.4 Å². The number of anilines is 2. The number of aromatic nitrogens is 2. The molecule has 1 heterocycles. The summed E-state index contributed by atoms with van der Waals surface area (Å²) in [5, 5.41) is 26.1. The fraction of sp³-hybridized carbons (Fsp3) is 0.190. The Labute approximate surface area is 209 Å². The zero-order chi connectivity index (χ0) is 24.4. The van der Waals surface area contributed by atoms with Crippen LogP contribution in [0, 0.1) is 13.8 Å². The fourth-order valence-corrected chi connectivity index (χ4v) is 3.85. The molecule has 0 atom stereocenters. The predicted octanol–water partition coefficient (Wildman–Crippen LogP) is 4.69. The van der Waals surface area contributed by atoms with Gasteiger partial charge in [-0.15, -0.1) is 0 Å². The van der Waals surface area contributed by atoms with Gasteiger partial charge in [-0.2, -0.15) is 0 Å². The van der Waals surface area contributed by atoms with Gasteiger partial charge in [-0.05, 0) is 37.1 Å². The van der Waals surface area contributed by atoms with Gasteiger partial charge in [-0.25, -0.2) is 9.13 Å². The quantitative estimate of drug-likeness (QED) is 0.273. The number of phenols is 2. The summed E-state index contributed by atoms with van der Waals surface area (Å²) in [6.45, 7) is 3.10. The van der Waals surface area contributed by atoms with Crippen molar-refractivity contribution in [1.29, 1.82) is 0 Å². The number of amides is 2. The van der Waals surface area contributed by atoms with Crippen LogP contribution in [-0.4, -0.2) is 26.6 Å². The molecule has 0 bridgehead atoms. The normalized spacial score (nSPS) is 10.8. The summed E-state index contributed by atoms with van der Waals surface area (Å²) >= 11 is 24.1. The number of carbonyl (C=O) groups excluding carboxylic acids is 2. The number of hydrogen-bond donors (Lipinski definition) is 4. The van der Waals surface area contributed by atoms with Gasteiger partial charge in [0.05, 0.1) is 21.4 Å².